The van der Waals surface area contributed by atoms with Crippen molar-refractivity contribution in [1.29, 1.82) is 0 Å². The average Bonchev–Trinajstić information content (AvgIpc) is 2.34. The molecule has 0 fully saturated rings. The molecule has 0 saturated heterocycles. The molecule has 1 aliphatic rings. The molecule has 0 unspecified atom stereocenters. The summed E-state index contributed by atoms with van der Waals surface area (Å²) in [4.78, 5) is 17.8. The molecule has 104 valence electrons. The monoisotopic (exact) mass is 314 g/mol. The van der Waals surface area contributed by atoms with Gasteiger partial charge in [0.25, 0.3) is 0 Å². The molecule has 0 amide bonds. The number of thioether (sulfide) groups is 1. The van der Waals surface area contributed by atoms with E-state index in [9.17, 15) is 23.1 Å². The van der Waals surface area contributed by atoms with Gasteiger partial charge in [-0.25, -0.2) is 9.97 Å². The molecule has 1 aliphatic carbocycles. The van der Waals surface area contributed by atoms with Crippen LogP contribution in [0.5, 0.6) is 0 Å². The minimum Gasteiger partial charge on any atom is -0.549 e. The van der Waals surface area contributed by atoms with E-state index >= 15 is 0 Å². The fraction of sp³-hybridized carbons (Fsp3) is 0.545. The van der Waals surface area contributed by atoms with Gasteiger partial charge < -0.3 is 9.90 Å². The summed E-state index contributed by atoms with van der Waals surface area (Å²) >= 11 is 0.647. The number of carbonyl (C=O) groups is 1. The van der Waals surface area contributed by atoms with Crippen LogP contribution in [0.25, 0.3) is 0 Å². The van der Waals surface area contributed by atoms with Crippen molar-refractivity contribution in [3.05, 3.63) is 17.0 Å². The van der Waals surface area contributed by atoms with Crippen molar-refractivity contribution in [2.75, 3.05) is 5.75 Å². The van der Waals surface area contributed by atoms with Crippen molar-refractivity contribution in [3.8, 4) is 0 Å². The van der Waals surface area contributed by atoms with E-state index in [-0.39, 0.29) is 40.3 Å². The van der Waals surface area contributed by atoms with E-state index in [0.717, 1.165) is 6.42 Å². The Bertz CT molecular complexity index is 511. The number of carboxylic acids is 1. The van der Waals surface area contributed by atoms with Crippen molar-refractivity contribution < 1.29 is 52.6 Å². The fourth-order valence-corrected chi connectivity index (χ4v) is 2.57. The zero-order chi connectivity index (χ0) is 14.0. The average molecular weight is 314 g/mol. The molecule has 9 heteroatoms. The van der Waals surface area contributed by atoms with Gasteiger partial charge in [-0.1, -0.05) is 11.8 Å². The summed E-state index contributed by atoms with van der Waals surface area (Å²) in [6, 6.07) is 0. The third-order valence-corrected chi connectivity index (χ3v) is 3.57. The summed E-state index contributed by atoms with van der Waals surface area (Å²) in [5.41, 5.74) is -0.399. The Labute approximate surface area is 139 Å². The molecule has 0 atom stereocenters. The van der Waals surface area contributed by atoms with Crippen LogP contribution in [-0.2, 0) is 23.8 Å². The van der Waals surface area contributed by atoms with Gasteiger partial charge in [0.2, 0.25) is 0 Å². The van der Waals surface area contributed by atoms with Gasteiger partial charge in [-0.15, -0.1) is 0 Å². The third-order valence-electron chi connectivity index (χ3n) is 2.75. The minimum atomic E-state index is -4.54. The molecule has 0 saturated carbocycles. The van der Waals surface area contributed by atoms with E-state index in [2.05, 4.69) is 9.97 Å². The molecule has 1 aromatic rings. The van der Waals surface area contributed by atoms with Crippen LogP contribution >= 0.6 is 11.8 Å². The number of hydrogen-bond donors (Lipinski definition) is 0. The predicted octanol–water partition coefficient (Wildman–Crippen LogP) is -1.78. The zero-order valence-electron chi connectivity index (χ0n) is 10.8. The van der Waals surface area contributed by atoms with Crippen LogP contribution in [0, 0.1) is 0 Å². The maximum absolute atomic E-state index is 12.9. The number of fused-ring (bicyclic) bond motifs is 1. The van der Waals surface area contributed by atoms with E-state index in [0.29, 0.717) is 36.7 Å². The fourth-order valence-electron chi connectivity index (χ4n) is 1.99. The van der Waals surface area contributed by atoms with Crippen LogP contribution in [0.3, 0.4) is 0 Å². The summed E-state index contributed by atoms with van der Waals surface area (Å²) in [5, 5.41) is 10.2. The zero-order valence-corrected chi connectivity index (χ0v) is 13.6. The number of hydrogen-bond acceptors (Lipinski definition) is 5. The topological polar surface area (TPSA) is 65.9 Å². The van der Waals surface area contributed by atoms with Gasteiger partial charge in [-0.05, 0) is 25.7 Å². The molecule has 1 heterocycles. The number of aromatic nitrogens is 2. The first kappa shape index (κ1) is 17.7. The van der Waals surface area contributed by atoms with Crippen molar-refractivity contribution >= 4 is 17.7 Å². The smallest absolute Gasteiger partial charge is 0.549 e. The van der Waals surface area contributed by atoms with Crippen molar-refractivity contribution in [1.82, 2.24) is 9.97 Å². The number of nitrogens with zero attached hydrogens (tertiary/aromatic N) is 2. The molecular weight excluding hydrogens is 304 g/mol. The normalized spacial score (nSPS) is 14.3. The van der Waals surface area contributed by atoms with E-state index in [1.807, 2.05) is 0 Å². The minimum absolute atomic E-state index is 0. The van der Waals surface area contributed by atoms with Crippen LogP contribution in [0.1, 0.15) is 29.8 Å². The summed E-state index contributed by atoms with van der Waals surface area (Å²) in [5.74, 6) is -1.82. The summed E-state index contributed by atoms with van der Waals surface area (Å²) < 4.78 is 38.8. The SMILES string of the molecule is O=C([O-])CSc1nc2c(c(C(F)(F)F)n1)CCCC2.[Na+]. The van der Waals surface area contributed by atoms with Crippen LogP contribution in [0.4, 0.5) is 13.2 Å². The number of rotatable bonds is 3. The van der Waals surface area contributed by atoms with Gasteiger partial charge in [-0.2, -0.15) is 13.2 Å². The number of aryl methyl sites for hydroxylation is 1. The van der Waals surface area contributed by atoms with Gasteiger partial charge in [0, 0.05) is 17.0 Å². The first-order valence-corrected chi connectivity index (χ1v) is 6.66. The second-order valence-corrected chi connectivity index (χ2v) is 5.09. The van der Waals surface area contributed by atoms with Crippen molar-refractivity contribution in [3.63, 3.8) is 0 Å². The van der Waals surface area contributed by atoms with E-state index in [1.165, 1.54) is 0 Å². The third kappa shape index (κ3) is 4.34. The summed E-state index contributed by atoms with van der Waals surface area (Å²) in [7, 11) is 0. The van der Waals surface area contributed by atoms with Crippen LogP contribution in [0.2, 0.25) is 0 Å². The van der Waals surface area contributed by atoms with Gasteiger partial charge in [0.15, 0.2) is 10.9 Å². The van der Waals surface area contributed by atoms with Crippen molar-refractivity contribution in [2.45, 2.75) is 37.0 Å². The second-order valence-electron chi connectivity index (χ2n) is 4.15. The number of aliphatic carboxylic acids is 1. The van der Waals surface area contributed by atoms with Gasteiger partial charge in [-0.3, -0.25) is 0 Å². The Morgan fingerprint density at radius 2 is 1.90 bits per heavy atom. The Hall–Kier alpha value is -0.310. The van der Waals surface area contributed by atoms with Gasteiger partial charge >= 0.3 is 35.7 Å². The number of halogens is 3. The maximum atomic E-state index is 12.9. The van der Waals surface area contributed by atoms with Crippen LogP contribution < -0.4 is 34.7 Å². The largest absolute Gasteiger partial charge is 1.00 e. The molecule has 0 spiro atoms. The molecule has 0 bridgehead atoms. The Balaban J connectivity index is 0.00000200. The maximum Gasteiger partial charge on any atom is 1.00 e. The first-order chi connectivity index (χ1) is 8.88. The van der Waals surface area contributed by atoms with E-state index < -0.39 is 23.6 Å². The Morgan fingerprint density at radius 1 is 1.25 bits per heavy atom. The Kier molecular flexibility index (Phi) is 6.30. The molecule has 4 nitrogen and oxygen atoms in total. The Morgan fingerprint density at radius 3 is 2.50 bits per heavy atom. The second kappa shape index (κ2) is 7.11. The standard InChI is InChI=1S/C11H11F3N2O2S.Na/c12-11(13,14)9-6-3-1-2-4-7(6)15-10(16-9)19-5-8(17)18;/h1-5H2,(H,17,18);/q;+1/p-1. The predicted molar refractivity (Wildman–Crippen MR) is 59.4 cm³/mol. The van der Waals surface area contributed by atoms with Gasteiger partial charge in [0.05, 0.1) is 5.97 Å². The van der Waals surface area contributed by atoms with Gasteiger partial charge in [0.1, 0.15) is 0 Å². The number of carbonyl (C=O) groups excluding carboxylic acids is 1. The molecule has 0 radical (unpaired) electrons. The molecule has 0 aliphatic heterocycles. The quantitative estimate of drug-likeness (QED) is 0.375. The van der Waals surface area contributed by atoms with E-state index in [4.69, 9.17) is 0 Å². The van der Waals surface area contributed by atoms with Crippen LogP contribution in [0.15, 0.2) is 5.16 Å². The number of carboxylic acid groups (broad SMARTS) is 1. The molecule has 0 aromatic carbocycles. The molecule has 20 heavy (non-hydrogen) atoms. The van der Waals surface area contributed by atoms with E-state index in [1.54, 1.807) is 0 Å². The molecule has 0 N–H and O–H groups in total. The van der Waals surface area contributed by atoms with Crippen LogP contribution in [-0.4, -0.2) is 21.7 Å². The number of alkyl halides is 3. The summed E-state index contributed by atoms with van der Waals surface area (Å²) in [6.45, 7) is 0. The summed E-state index contributed by atoms with van der Waals surface area (Å²) in [6.07, 6.45) is -2.28. The molecule has 1 aromatic heterocycles. The first-order valence-electron chi connectivity index (χ1n) is 5.67. The molecule has 2 rings (SSSR count). The molecular formula is C11H10F3N2NaO2S. The van der Waals surface area contributed by atoms with Crippen molar-refractivity contribution in [2.24, 2.45) is 0 Å².